The van der Waals surface area contributed by atoms with Gasteiger partial charge in [-0.05, 0) is 114 Å². The first-order valence-corrected chi connectivity index (χ1v) is 27.8. The van der Waals surface area contributed by atoms with E-state index in [0.29, 0.717) is 76.6 Å². The highest BCUT2D eigenvalue weighted by molar-refractivity contribution is 5.98. The van der Waals surface area contributed by atoms with E-state index >= 15 is 0 Å². The van der Waals surface area contributed by atoms with Crippen molar-refractivity contribution in [1.29, 1.82) is 0 Å². The van der Waals surface area contributed by atoms with Crippen molar-refractivity contribution < 1.29 is 43.2 Å². The van der Waals surface area contributed by atoms with Crippen molar-refractivity contribution in [2.75, 3.05) is 32.7 Å². The largest absolute Gasteiger partial charge is 0.370 e. The monoisotopic (exact) mass is 1100 g/mol. The van der Waals surface area contributed by atoms with Crippen molar-refractivity contribution in [2.45, 2.75) is 171 Å². The predicted octanol–water partition coefficient (Wildman–Crippen LogP) is -1.45. The van der Waals surface area contributed by atoms with Crippen molar-refractivity contribution in [3.8, 4) is 0 Å². The number of primary amides is 1. The van der Waals surface area contributed by atoms with Gasteiger partial charge in [-0.15, -0.1) is 0 Å². The van der Waals surface area contributed by atoms with Crippen LogP contribution < -0.4 is 66.3 Å². The molecule has 24 heteroatoms. The fraction of sp³-hybridized carbons (Fsp3) is 0.600. The SMILES string of the molecule is CC[C@H](C)[C@H](NC(=O)[C@H](Cc1ccccc1)NC(=O)[C@H](CCCCN)NC(=O)[C@@H]1CCCN1C(=O)[C@H](CCCCN)NC(=O)[C@@H]1CCCN1C(=O)[C@H](C)N)C(=O)N[C@@H](CCCN=C(N)N)C(=O)N[C@@H](Cc1ccccc1)C(N)=O. The lowest BCUT2D eigenvalue weighted by atomic mass is 9.96. The molecule has 9 amide bonds. The molecule has 0 bridgehead atoms. The second-order valence-electron chi connectivity index (χ2n) is 20.6. The van der Waals surface area contributed by atoms with Gasteiger partial charge in [0.15, 0.2) is 5.96 Å². The molecule has 18 N–H and O–H groups in total. The Balaban J connectivity index is 1.57. The Kier molecular flexibility index (Phi) is 27.1. The number of unbranched alkanes of at least 4 members (excludes halogenated alkanes) is 2. The smallest absolute Gasteiger partial charge is 0.245 e. The zero-order valence-electron chi connectivity index (χ0n) is 46.2. The number of guanidine groups is 1. The molecule has 2 saturated heterocycles. The van der Waals surface area contributed by atoms with Gasteiger partial charge in [0, 0.05) is 32.5 Å². The van der Waals surface area contributed by atoms with Crippen molar-refractivity contribution in [1.82, 2.24) is 41.7 Å². The van der Waals surface area contributed by atoms with Gasteiger partial charge in [0.25, 0.3) is 0 Å². The van der Waals surface area contributed by atoms with Crippen LogP contribution in [0.2, 0.25) is 0 Å². The van der Waals surface area contributed by atoms with Gasteiger partial charge in [-0.3, -0.25) is 48.1 Å². The van der Waals surface area contributed by atoms with Gasteiger partial charge in [0.1, 0.15) is 48.3 Å². The maximum atomic E-state index is 14.7. The van der Waals surface area contributed by atoms with Crippen molar-refractivity contribution in [3.05, 3.63) is 71.8 Å². The predicted molar refractivity (Wildman–Crippen MR) is 299 cm³/mol. The summed E-state index contributed by atoms with van der Waals surface area (Å²) in [5, 5.41) is 16.9. The lowest BCUT2D eigenvalue weighted by molar-refractivity contribution is -0.144. The summed E-state index contributed by atoms with van der Waals surface area (Å²) in [6.45, 7) is 6.47. The van der Waals surface area contributed by atoms with Gasteiger partial charge < -0.3 is 76.1 Å². The molecule has 24 nitrogen and oxygen atoms in total. The summed E-state index contributed by atoms with van der Waals surface area (Å²) >= 11 is 0. The number of amides is 9. The first kappa shape index (κ1) is 64.3. The lowest BCUT2D eigenvalue weighted by Gasteiger charge is -2.32. The van der Waals surface area contributed by atoms with Gasteiger partial charge in [-0.25, -0.2) is 0 Å². The number of hydrogen-bond donors (Lipinski definition) is 12. The van der Waals surface area contributed by atoms with Crippen molar-refractivity contribution >= 4 is 59.1 Å². The minimum Gasteiger partial charge on any atom is -0.370 e. The Morgan fingerprint density at radius 1 is 0.557 bits per heavy atom. The number of nitrogens with two attached hydrogens (primary N) is 6. The summed E-state index contributed by atoms with van der Waals surface area (Å²) < 4.78 is 0. The number of rotatable bonds is 33. The standard InChI is InChI=1S/C55H87N15O9/c1-4-34(2)45(52(77)64-39(24-15-29-62-55(60)61)47(72)66-41(46(59)71)32-36-18-7-5-8-19-36)68-49(74)42(33-37-20-9-6-10-21-37)67-48(73)38(22-11-13-27-56)63-50(75)44-26-17-31-70(44)54(79)40(23-12-14-28-57)65-51(76)43-25-16-30-69(43)53(78)35(3)58/h5-10,18-21,34-35,38-45H,4,11-17,22-33,56-58H2,1-3H3,(H2,59,71)(H,63,75)(H,64,77)(H,65,76)(H,66,72)(H,67,73)(H,68,74)(H4,60,61,62)/t34-,35-,38-,39-,40-,41-,42-,43-,44-,45-/m0/s1. The topological polar surface area (TPSA) is 401 Å². The summed E-state index contributed by atoms with van der Waals surface area (Å²) in [7, 11) is 0. The van der Waals surface area contributed by atoms with Crippen LogP contribution >= 0.6 is 0 Å². The van der Waals surface area contributed by atoms with Crippen LogP contribution in [0.1, 0.15) is 115 Å². The Morgan fingerprint density at radius 3 is 1.49 bits per heavy atom. The zero-order valence-corrected chi connectivity index (χ0v) is 46.2. The second kappa shape index (κ2) is 33.3. The third-order valence-electron chi connectivity index (χ3n) is 14.4. The average Bonchev–Trinajstić information content (AvgIpc) is 4.17. The van der Waals surface area contributed by atoms with E-state index < -0.39 is 108 Å². The number of likely N-dealkylation sites (tertiary alicyclic amines) is 2. The van der Waals surface area contributed by atoms with Gasteiger partial charge in [-0.1, -0.05) is 80.9 Å². The van der Waals surface area contributed by atoms with E-state index in [2.05, 4.69) is 36.9 Å². The minimum atomic E-state index is -1.29. The third-order valence-corrected chi connectivity index (χ3v) is 14.4. The number of aliphatic imine (C=N–C) groups is 1. The lowest BCUT2D eigenvalue weighted by Crippen LogP contribution is -2.61. The Morgan fingerprint density at radius 2 is 1.00 bits per heavy atom. The molecule has 2 aromatic rings. The second-order valence-corrected chi connectivity index (χ2v) is 20.6. The molecule has 2 aliphatic rings. The van der Waals surface area contributed by atoms with Gasteiger partial charge in [-0.2, -0.15) is 0 Å². The molecule has 2 aliphatic heterocycles. The first-order valence-electron chi connectivity index (χ1n) is 27.8. The Labute approximate surface area is 463 Å². The fourth-order valence-electron chi connectivity index (χ4n) is 9.78. The quantitative estimate of drug-likeness (QED) is 0.0221. The highest BCUT2D eigenvalue weighted by Gasteiger charge is 2.42. The number of nitrogens with one attached hydrogen (secondary N) is 6. The van der Waals surface area contributed by atoms with E-state index in [1.165, 1.54) is 9.80 Å². The fourth-order valence-corrected chi connectivity index (χ4v) is 9.78. The number of nitrogens with zero attached hydrogens (tertiary/aromatic N) is 3. The number of hydrogen-bond acceptors (Lipinski definition) is 13. The molecule has 10 atom stereocenters. The van der Waals surface area contributed by atoms with E-state index in [0.717, 1.165) is 5.56 Å². The molecule has 436 valence electrons. The van der Waals surface area contributed by atoms with Crippen LogP contribution in [0, 0.1) is 5.92 Å². The van der Waals surface area contributed by atoms with Gasteiger partial charge in [0.2, 0.25) is 53.2 Å². The summed E-state index contributed by atoms with van der Waals surface area (Å²) in [4.78, 5) is 133. The van der Waals surface area contributed by atoms with Crippen LogP contribution in [0.5, 0.6) is 0 Å². The zero-order chi connectivity index (χ0) is 58.0. The van der Waals surface area contributed by atoms with Crippen LogP contribution in [0.15, 0.2) is 65.7 Å². The highest BCUT2D eigenvalue weighted by Crippen LogP contribution is 2.23. The minimum absolute atomic E-state index is 0.0251. The Bertz CT molecular complexity index is 2360. The molecule has 0 unspecified atom stereocenters. The summed E-state index contributed by atoms with van der Waals surface area (Å²) in [5.74, 6) is -6.25. The van der Waals surface area contributed by atoms with E-state index in [1.54, 1.807) is 68.4 Å². The Hall–Kier alpha value is -7.18. The maximum Gasteiger partial charge on any atom is 0.245 e. The van der Waals surface area contributed by atoms with Crippen LogP contribution in [0.3, 0.4) is 0 Å². The third kappa shape index (κ3) is 20.5. The van der Waals surface area contributed by atoms with E-state index in [-0.39, 0.29) is 69.9 Å². The molecular weight excluding hydrogens is 1010 g/mol. The van der Waals surface area contributed by atoms with E-state index in [1.807, 2.05) is 13.0 Å². The van der Waals surface area contributed by atoms with Crippen molar-refractivity contribution in [3.63, 3.8) is 0 Å². The average molecular weight is 1100 g/mol. The molecule has 2 fully saturated rings. The molecule has 0 aromatic heterocycles. The highest BCUT2D eigenvalue weighted by atomic mass is 16.2. The number of carbonyl (C=O) groups is 9. The maximum absolute atomic E-state index is 14.7. The number of carbonyl (C=O) groups excluding carboxylic acids is 9. The summed E-state index contributed by atoms with van der Waals surface area (Å²) in [6, 6.07) is 8.09. The van der Waals surface area contributed by atoms with Gasteiger partial charge >= 0.3 is 0 Å². The van der Waals surface area contributed by atoms with Crippen LogP contribution in [-0.4, -0.2) is 156 Å². The van der Waals surface area contributed by atoms with Gasteiger partial charge in [0.05, 0.1) is 6.04 Å². The molecule has 79 heavy (non-hydrogen) atoms. The van der Waals surface area contributed by atoms with Crippen LogP contribution in [-0.2, 0) is 56.0 Å². The summed E-state index contributed by atoms with van der Waals surface area (Å²) in [5.41, 5.74) is 35.7. The molecule has 0 radical (unpaired) electrons. The number of benzene rings is 2. The first-order chi connectivity index (χ1) is 37.8. The van der Waals surface area contributed by atoms with E-state index in [4.69, 9.17) is 34.4 Å². The van der Waals surface area contributed by atoms with Crippen molar-refractivity contribution in [2.24, 2.45) is 45.3 Å². The molecule has 2 heterocycles. The molecule has 0 aliphatic carbocycles. The molecule has 2 aromatic carbocycles. The normalized spacial score (nSPS) is 18.1. The molecular formula is C55H87N15O9. The van der Waals surface area contributed by atoms with E-state index in [9.17, 15) is 43.2 Å². The molecule has 0 saturated carbocycles. The molecule has 4 rings (SSSR count). The summed E-state index contributed by atoms with van der Waals surface area (Å²) in [6.07, 6.45) is 4.84. The van der Waals surface area contributed by atoms with Crippen LogP contribution in [0.25, 0.3) is 0 Å². The van der Waals surface area contributed by atoms with Crippen LogP contribution in [0.4, 0.5) is 0 Å². The molecule has 0 spiro atoms.